The first-order chi connectivity index (χ1) is 5.81. The van der Waals surface area contributed by atoms with Crippen molar-refractivity contribution in [1.82, 2.24) is 20.2 Å². The quantitative estimate of drug-likeness (QED) is 0.649. The number of hydrogen-bond acceptors (Lipinski definition) is 4. The van der Waals surface area contributed by atoms with Crippen LogP contribution in [-0.4, -0.2) is 27.2 Å². The van der Waals surface area contributed by atoms with Crippen LogP contribution in [0, 0.1) is 6.92 Å². The molecular weight excluding hydrogens is 154 g/mol. The number of aromatic amines is 1. The van der Waals surface area contributed by atoms with Crippen LogP contribution in [0.2, 0.25) is 0 Å². The van der Waals surface area contributed by atoms with E-state index in [9.17, 15) is 0 Å². The van der Waals surface area contributed by atoms with Gasteiger partial charge in [0.05, 0.1) is 11.6 Å². The first-order valence-corrected chi connectivity index (χ1v) is 3.66. The van der Waals surface area contributed by atoms with Crippen molar-refractivity contribution in [3.63, 3.8) is 0 Å². The molecule has 0 aromatic carbocycles. The van der Waals surface area contributed by atoms with Gasteiger partial charge in [0.25, 0.3) is 0 Å². The molecule has 0 radical (unpaired) electrons. The molecule has 0 amide bonds. The summed E-state index contributed by atoms with van der Waals surface area (Å²) in [5.74, 6) is 1.54. The van der Waals surface area contributed by atoms with Crippen molar-refractivity contribution in [1.29, 1.82) is 0 Å². The number of aromatic nitrogens is 4. The highest BCUT2D eigenvalue weighted by atomic mass is 15.2. The normalized spacial score (nSPS) is 10.5. The fraction of sp³-hybridized carbons (Fsp3) is 0.286. The number of anilines is 1. The second kappa shape index (κ2) is 2.44. The number of nitrogens with one attached hydrogen (secondary N) is 2. The fourth-order valence-electron chi connectivity index (χ4n) is 1.14. The number of rotatable bonds is 1. The molecule has 2 aromatic heterocycles. The van der Waals surface area contributed by atoms with Crippen LogP contribution in [0.3, 0.4) is 0 Å². The minimum Gasteiger partial charge on any atom is -0.372 e. The van der Waals surface area contributed by atoms with Gasteiger partial charge in [-0.3, -0.25) is 5.10 Å². The van der Waals surface area contributed by atoms with Crippen LogP contribution >= 0.6 is 0 Å². The Morgan fingerprint density at radius 2 is 2.25 bits per heavy atom. The Bertz CT molecular complexity index is 405. The minimum absolute atomic E-state index is 0.732. The minimum atomic E-state index is 0.732. The van der Waals surface area contributed by atoms with Crippen LogP contribution in [-0.2, 0) is 0 Å². The van der Waals surface area contributed by atoms with E-state index in [-0.39, 0.29) is 0 Å². The molecule has 0 aliphatic heterocycles. The van der Waals surface area contributed by atoms with E-state index in [4.69, 9.17) is 0 Å². The van der Waals surface area contributed by atoms with Gasteiger partial charge in [-0.05, 0) is 6.92 Å². The maximum absolute atomic E-state index is 4.21. The summed E-state index contributed by atoms with van der Waals surface area (Å²) in [5.41, 5.74) is 0.770. The fourth-order valence-corrected chi connectivity index (χ4v) is 1.14. The van der Waals surface area contributed by atoms with Crippen molar-refractivity contribution in [3.05, 3.63) is 12.0 Å². The molecule has 2 N–H and O–H groups in total. The molecule has 5 heteroatoms. The molecule has 5 nitrogen and oxygen atoms in total. The molecule has 0 unspecified atom stereocenters. The lowest BCUT2D eigenvalue weighted by molar-refractivity contribution is 1.05. The van der Waals surface area contributed by atoms with Gasteiger partial charge in [-0.1, -0.05) is 0 Å². The first kappa shape index (κ1) is 7.02. The van der Waals surface area contributed by atoms with Crippen molar-refractivity contribution in [2.45, 2.75) is 6.92 Å². The lowest BCUT2D eigenvalue weighted by atomic mass is 10.4. The van der Waals surface area contributed by atoms with Crippen molar-refractivity contribution in [2.75, 3.05) is 12.4 Å². The van der Waals surface area contributed by atoms with E-state index in [1.165, 1.54) is 0 Å². The standard InChI is InChI=1S/C7H9N5/c1-4-10-6(8-2)5-3-9-12-7(5)11-4/h3H,1-2H3,(H2,8,9,10,11,12). The van der Waals surface area contributed by atoms with Gasteiger partial charge in [0.1, 0.15) is 11.6 Å². The Balaban J connectivity index is 2.80. The largest absolute Gasteiger partial charge is 0.372 e. The summed E-state index contributed by atoms with van der Waals surface area (Å²) in [6, 6.07) is 0. The third kappa shape index (κ3) is 0.903. The summed E-state index contributed by atoms with van der Waals surface area (Å²) in [5, 5.41) is 10.6. The summed E-state index contributed by atoms with van der Waals surface area (Å²) in [6.45, 7) is 1.85. The summed E-state index contributed by atoms with van der Waals surface area (Å²) < 4.78 is 0. The Morgan fingerprint density at radius 3 is 3.00 bits per heavy atom. The van der Waals surface area contributed by atoms with E-state index < -0.39 is 0 Å². The molecule has 0 saturated carbocycles. The maximum atomic E-state index is 4.21. The van der Waals surface area contributed by atoms with Gasteiger partial charge in [0.15, 0.2) is 5.65 Å². The second-order valence-corrected chi connectivity index (χ2v) is 2.50. The molecule has 0 aliphatic carbocycles. The van der Waals surface area contributed by atoms with Gasteiger partial charge in [-0.25, -0.2) is 9.97 Å². The molecule has 12 heavy (non-hydrogen) atoms. The Kier molecular flexibility index (Phi) is 1.43. The second-order valence-electron chi connectivity index (χ2n) is 2.50. The zero-order valence-electron chi connectivity index (χ0n) is 6.92. The highest BCUT2D eigenvalue weighted by Crippen LogP contribution is 2.16. The predicted molar refractivity (Wildman–Crippen MR) is 46.0 cm³/mol. The zero-order valence-corrected chi connectivity index (χ0v) is 6.92. The van der Waals surface area contributed by atoms with Crippen LogP contribution in [0.25, 0.3) is 11.0 Å². The Labute approximate surface area is 69.2 Å². The monoisotopic (exact) mass is 163 g/mol. The predicted octanol–water partition coefficient (Wildman–Crippen LogP) is 0.703. The van der Waals surface area contributed by atoms with Crippen LogP contribution in [0.4, 0.5) is 5.82 Å². The molecule has 2 heterocycles. The number of fused-ring (bicyclic) bond motifs is 1. The molecular formula is C7H9N5. The van der Waals surface area contributed by atoms with Gasteiger partial charge in [0, 0.05) is 7.05 Å². The number of nitrogens with zero attached hydrogens (tertiary/aromatic N) is 3. The van der Waals surface area contributed by atoms with Crippen molar-refractivity contribution >= 4 is 16.9 Å². The Hall–Kier alpha value is -1.65. The topological polar surface area (TPSA) is 66.5 Å². The van der Waals surface area contributed by atoms with Crippen LogP contribution < -0.4 is 5.32 Å². The molecule has 2 rings (SSSR count). The number of hydrogen-bond donors (Lipinski definition) is 2. The van der Waals surface area contributed by atoms with Crippen LogP contribution in [0.5, 0.6) is 0 Å². The summed E-state index contributed by atoms with van der Waals surface area (Å²) in [4.78, 5) is 8.38. The highest BCUT2D eigenvalue weighted by Gasteiger charge is 2.04. The van der Waals surface area contributed by atoms with Gasteiger partial charge in [-0.2, -0.15) is 5.10 Å². The molecule has 62 valence electrons. The van der Waals surface area contributed by atoms with E-state index >= 15 is 0 Å². The van der Waals surface area contributed by atoms with Crippen molar-refractivity contribution < 1.29 is 0 Å². The molecule has 0 spiro atoms. The van der Waals surface area contributed by atoms with Gasteiger partial charge in [-0.15, -0.1) is 0 Å². The van der Waals surface area contributed by atoms with Gasteiger partial charge in [0.2, 0.25) is 0 Å². The van der Waals surface area contributed by atoms with Crippen molar-refractivity contribution in [2.24, 2.45) is 0 Å². The highest BCUT2D eigenvalue weighted by molar-refractivity contribution is 5.85. The summed E-state index contributed by atoms with van der Waals surface area (Å²) in [6.07, 6.45) is 1.71. The smallest absolute Gasteiger partial charge is 0.161 e. The lowest BCUT2D eigenvalue weighted by Gasteiger charge is -2.00. The maximum Gasteiger partial charge on any atom is 0.161 e. The Morgan fingerprint density at radius 1 is 1.42 bits per heavy atom. The van der Waals surface area contributed by atoms with E-state index in [1.54, 1.807) is 6.20 Å². The zero-order chi connectivity index (χ0) is 8.55. The molecule has 0 fully saturated rings. The van der Waals surface area contributed by atoms with Crippen LogP contribution in [0.15, 0.2) is 6.20 Å². The van der Waals surface area contributed by atoms with E-state index in [0.29, 0.717) is 0 Å². The molecule has 0 atom stereocenters. The molecule has 0 saturated heterocycles. The average molecular weight is 163 g/mol. The summed E-state index contributed by atoms with van der Waals surface area (Å²) >= 11 is 0. The number of H-pyrrole nitrogens is 1. The number of aryl methyl sites for hydroxylation is 1. The van der Waals surface area contributed by atoms with E-state index in [2.05, 4.69) is 25.5 Å². The molecule has 0 bridgehead atoms. The summed E-state index contributed by atoms with van der Waals surface area (Å²) in [7, 11) is 1.83. The average Bonchev–Trinajstić information content (AvgIpc) is 2.50. The SMILES string of the molecule is CNc1nc(C)nc2[nH]ncc12. The van der Waals surface area contributed by atoms with E-state index in [0.717, 1.165) is 22.7 Å². The van der Waals surface area contributed by atoms with E-state index in [1.807, 2.05) is 14.0 Å². The lowest BCUT2D eigenvalue weighted by Crippen LogP contribution is -1.96. The first-order valence-electron chi connectivity index (χ1n) is 3.66. The third-order valence-corrected chi connectivity index (χ3v) is 1.66. The van der Waals surface area contributed by atoms with Crippen LogP contribution in [0.1, 0.15) is 5.82 Å². The molecule has 0 aliphatic rings. The van der Waals surface area contributed by atoms with Crippen molar-refractivity contribution in [3.8, 4) is 0 Å². The molecule has 2 aromatic rings. The van der Waals surface area contributed by atoms with Gasteiger partial charge >= 0.3 is 0 Å². The third-order valence-electron chi connectivity index (χ3n) is 1.66. The van der Waals surface area contributed by atoms with Gasteiger partial charge < -0.3 is 5.32 Å².